The molecule has 1 amide bonds. The largest absolute Gasteiger partial charge is 0.335 e. The lowest BCUT2D eigenvalue weighted by Gasteiger charge is -2.32. The molecule has 5 heteroatoms. The predicted molar refractivity (Wildman–Crippen MR) is 101 cm³/mol. The fourth-order valence-corrected chi connectivity index (χ4v) is 3.08. The number of hydrogen-bond donors (Lipinski definition) is 0. The molecular weight excluding hydrogens is 328 g/mol. The minimum absolute atomic E-state index is 0.00477. The van der Waals surface area contributed by atoms with Gasteiger partial charge in [0, 0.05) is 25.2 Å². The van der Waals surface area contributed by atoms with Crippen molar-refractivity contribution in [2.24, 2.45) is 5.92 Å². The highest BCUT2D eigenvalue weighted by Crippen LogP contribution is 2.28. The topological polar surface area (TPSA) is 63.4 Å². The summed E-state index contributed by atoms with van der Waals surface area (Å²) in [6, 6.07) is 16.3. The van der Waals surface area contributed by atoms with E-state index in [2.05, 4.69) is 0 Å². The Morgan fingerprint density at radius 2 is 1.81 bits per heavy atom. The van der Waals surface area contributed by atoms with Crippen LogP contribution in [0.5, 0.6) is 0 Å². The Morgan fingerprint density at radius 1 is 1.12 bits per heavy atom. The number of nitro groups is 1. The normalized spacial score (nSPS) is 14.2. The maximum atomic E-state index is 12.7. The van der Waals surface area contributed by atoms with Crippen LogP contribution in [0.2, 0.25) is 0 Å². The van der Waals surface area contributed by atoms with E-state index in [0.717, 1.165) is 24.9 Å². The van der Waals surface area contributed by atoms with Gasteiger partial charge in [-0.1, -0.05) is 48.9 Å². The molecule has 0 heterocycles. The van der Waals surface area contributed by atoms with Gasteiger partial charge in [-0.05, 0) is 36.5 Å². The molecule has 1 aliphatic carbocycles. The maximum absolute atomic E-state index is 12.7. The molecule has 0 atom stereocenters. The van der Waals surface area contributed by atoms with Crippen molar-refractivity contribution in [2.75, 3.05) is 6.54 Å². The summed E-state index contributed by atoms with van der Waals surface area (Å²) in [6.45, 7) is 1.28. The highest BCUT2D eigenvalue weighted by molar-refractivity contribution is 5.92. The van der Waals surface area contributed by atoms with E-state index >= 15 is 0 Å². The minimum atomic E-state index is -0.430. The number of nitro benzene ring substituents is 1. The van der Waals surface area contributed by atoms with Crippen LogP contribution in [0.1, 0.15) is 30.4 Å². The molecule has 0 aliphatic heterocycles. The van der Waals surface area contributed by atoms with E-state index in [9.17, 15) is 14.9 Å². The molecule has 0 spiro atoms. The molecule has 0 unspecified atom stereocenters. The van der Waals surface area contributed by atoms with Crippen LogP contribution in [0.25, 0.3) is 6.08 Å². The van der Waals surface area contributed by atoms with Gasteiger partial charge in [-0.25, -0.2) is 0 Å². The molecule has 0 aromatic heterocycles. The van der Waals surface area contributed by atoms with E-state index in [1.54, 1.807) is 24.3 Å². The van der Waals surface area contributed by atoms with Crippen molar-refractivity contribution in [1.29, 1.82) is 0 Å². The second kappa shape index (κ2) is 8.43. The van der Waals surface area contributed by atoms with E-state index in [1.165, 1.54) is 18.6 Å². The monoisotopic (exact) mass is 350 g/mol. The molecule has 0 bridgehead atoms. The van der Waals surface area contributed by atoms with Crippen molar-refractivity contribution >= 4 is 17.7 Å². The van der Waals surface area contributed by atoms with Crippen LogP contribution >= 0.6 is 0 Å². The van der Waals surface area contributed by atoms with Gasteiger partial charge in [0.2, 0.25) is 5.91 Å². The van der Waals surface area contributed by atoms with Crippen molar-refractivity contribution in [3.8, 4) is 0 Å². The summed E-state index contributed by atoms with van der Waals surface area (Å²) in [5, 5.41) is 11.1. The number of nitrogens with zero attached hydrogens (tertiary/aromatic N) is 2. The molecule has 1 fully saturated rings. The van der Waals surface area contributed by atoms with Crippen molar-refractivity contribution in [1.82, 2.24) is 4.90 Å². The standard InChI is InChI=1S/C21H22N2O3/c24-21(14-13-19-11-4-5-12-20(19)23(25)26)22(16-18-9-6-10-18)15-17-7-2-1-3-8-17/h1-5,7-8,11-14,18H,6,9-10,15-16H2. The third-order valence-electron chi connectivity index (χ3n) is 4.77. The first-order valence-electron chi connectivity index (χ1n) is 8.88. The van der Waals surface area contributed by atoms with Gasteiger partial charge in [0.1, 0.15) is 0 Å². The number of rotatable bonds is 7. The Balaban J connectivity index is 1.75. The molecule has 2 aromatic rings. The SMILES string of the molecule is O=C(C=Cc1ccccc1[N+](=O)[O-])N(Cc1ccccc1)CC1CCC1. The van der Waals surface area contributed by atoms with Crippen LogP contribution in [0.4, 0.5) is 5.69 Å². The molecule has 5 nitrogen and oxygen atoms in total. The van der Waals surface area contributed by atoms with Crippen molar-refractivity contribution in [3.05, 3.63) is 81.9 Å². The third kappa shape index (κ3) is 4.57. The molecule has 26 heavy (non-hydrogen) atoms. The number of carbonyl (C=O) groups excluding carboxylic acids is 1. The molecule has 0 N–H and O–H groups in total. The van der Waals surface area contributed by atoms with Crippen LogP contribution in [0, 0.1) is 16.0 Å². The van der Waals surface area contributed by atoms with Gasteiger partial charge in [0.15, 0.2) is 0 Å². The summed E-state index contributed by atoms with van der Waals surface area (Å²) in [5.74, 6) is 0.445. The number of para-hydroxylation sites is 1. The van der Waals surface area contributed by atoms with Crippen molar-refractivity contribution in [2.45, 2.75) is 25.8 Å². The first-order valence-corrected chi connectivity index (χ1v) is 8.88. The zero-order valence-electron chi connectivity index (χ0n) is 14.6. The number of carbonyl (C=O) groups is 1. The van der Waals surface area contributed by atoms with E-state index in [-0.39, 0.29) is 11.6 Å². The lowest BCUT2D eigenvalue weighted by molar-refractivity contribution is -0.385. The number of hydrogen-bond acceptors (Lipinski definition) is 3. The van der Waals surface area contributed by atoms with Gasteiger partial charge >= 0.3 is 0 Å². The van der Waals surface area contributed by atoms with Crippen LogP contribution in [0.15, 0.2) is 60.7 Å². The highest BCUT2D eigenvalue weighted by atomic mass is 16.6. The Hall–Kier alpha value is -2.95. The third-order valence-corrected chi connectivity index (χ3v) is 4.77. The molecule has 3 rings (SSSR count). The quantitative estimate of drug-likeness (QED) is 0.421. The summed E-state index contributed by atoms with van der Waals surface area (Å²) in [4.78, 5) is 25.3. The lowest BCUT2D eigenvalue weighted by atomic mass is 9.85. The van der Waals surface area contributed by atoms with Crippen LogP contribution in [0.3, 0.4) is 0 Å². The number of amides is 1. The van der Waals surface area contributed by atoms with E-state index < -0.39 is 4.92 Å². The molecule has 1 saturated carbocycles. The van der Waals surface area contributed by atoms with Crippen LogP contribution in [-0.2, 0) is 11.3 Å². The Kier molecular flexibility index (Phi) is 5.79. The average Bonchev–Trinajstić information content (AvgIpc) is 2.62. The van der Waals surface area contributed by atoms with Gasteiger partial charge in [-0.2, -0.15) is 0 Å². The summed E-state index contributed by atoms with van der Waals surface area (Å²) in [6.07, 6.45) is 6.53. The molecule has 1 aliphatic rings. The Morgan fingerprint density at radius 3 is 2.46 bits per heavy atom. The zero-order chi connectivity index (χ0) is 18.4. The van der Waals surface area contributed by atoms with E-state index in [0.29, 0.717) is 18.0 Å². The highest BCUT2D eigenvalue weighted by Gasteiger charge is 2.23. The van der Waals surface area contributed by atoms with Crippen LogP contribution in [-0.4, -0.2) is 22.3 Å². The van der Waals surface area contributed by atoms with Gasteiger partial charge < -0.3 is 4.90 Å². The van der Waals surface area contributed by atoms with E-state index in [1.807, 2.05) is 35.2 Å². The summed E-state index contributed by atoms with van der Waals surface area (Å²) < 4.78 is 0. The first-order chi connectivity index (χ1) is 12.6. The summed E-state index contributed by atoms with van der Waals surface area (Å²) in [5.41, 5.74) is 1.53. The van der Waals surface area contributed by atoms with Gasteiger partial charge in [0.05, 0.1) is 10.5 Å². The van der Waals surface area contributed by atoms with Gasteiger partial charge in [-0.15, -0.1) is 0 Å². The Labute approximate surface area is 153 Å². The molecular formula is C21H22N2O3. The summed E-state index contributed by atoms with van der Waals surface area (Å²) >= 11 is 0. The second-order valence-electron chi connectivity index (χ2n) is 6.65. The zero-order valence-corrected chi connectivity index (χ0v) is 14.6. The summed E-state index contributed by atoms with van der Waals surface area (Å²) in [7, 11) is 0. The van der Waals surface area contributed by atoms with Crippen molar-refractivity contribution < 1.29 is 9.72 Å². The smallest absolute Gasteiger partial charge is 0.276 e. The minimum Gasteiger partial charge on any atom is -0.335 e. The fourth-order valence-electron chi connectivity index (χ4n) is 3.08. The number of benzene rings is 2. The first kappa shape index (κ1) is 17.9. The molecule has 2 aromatic carbocycles. The Bertz CT molecular complexity index is 798. The van der Waals surface area contributed by atoms with E-state index in [4.69, 9.17) is 0 Å². The molecule has 134 valence electrons. The van der Waals surface area contributed by atoms with Gasteiger partial charge in [0.25, 0.3) is 5.69 Å². The van der Waals surface area contributed by atoms with Crippen molar-refractivity contribution in [3.63, 3.8) is 0 Å². The molecule has 0 saturated heterocycles. The predicted octanol–water partition coefficient (Wildman–Crippen LogP) is 4.44. The molecule has 0 radical (unpaired) electrons. The van der Waals surface area contributed by atoms with Crippen LogP contribution < -0.4 is 0 Å². The lowest BCUT2D eigenvalue weighted by Crippen LogP contribution is -2.36. The van der Waals surface area contributed by atoms with Gasteiger partial charge in [-0.3, -0.25) is 14.9 Å². The average molecular weight is 350 g/mol. The second-order valence-corrected chi connectivity index (χ2v) is 6.65. The fraction of sp³-hybridized carbons (Fsp3) is 0.286. The maximum Gasteiger partial charge on any atom is 0.276 e.